The summed E-state index contributed by atoms with van der Waals surface area (Å²) in [6, 6.07) is 4.29. The Balaban J connectivity index is 0.000000363. The van der Waals surface area contributed by atoms with Crippen molar-refractivity contribution in [1.29, 1.82) is 0 Å². The van der Waals surface area contributed by atoms with Crippen molar-refractivity contribution in [3.63, 3.8) is 0 Å². The highest BCUT2D eigenvalue weighted by Crippen LogP contribution is 2.32. The highest BCUT2D eigenvalue weighted by Gasteiger charge is 2.37. The number of hydrogen-bond donors (Lipinski definition) is 1. The summed E-state index contributed by atoms with van der Waals surface area (Å²) in [5.74, 6) is -0.980. The quantitative estimate of drug-likeness (QED) is 0.453. The SMILES string of the molecule is CC=CC(CCc1nc(N2CCOCC2)nc2nc(C)ccc12)C(F)(F)F.N/C=C\C=NC1CC1. The molecule has 0 aromatic carbocycles. The molecule has 0 bridgehead atoms. The fourth-order valence-electron chi connectivity index (χ4n) is 3.59. The second-order valence-electron chi connectivity index (χ2n) is 8.52. The van der Waals surface area contributed by atoms with E-state index < -0.39 is 12.1 Å². The number of hydrogen-bond acceptors (Lipinski definition) is 7. The zero-order valence-electron chi connectivity index (χ0n) is 20.2. The first kappa shape index (κ1) is 26.6. The highest BCUT2D eigenvalue weighted by atomic mass is 19.4. The minimum atomic E-state index is -4.27. The van der Waals surface area contributed by atoms with E-state index in [2.05, 4.69) is 19.9 Å². The lowest BCUT2D eigenvalue weighted by molar-refractivity contribution is -0.162. The molecular formula is C25H33F3N6O. The lowest BCUT2D eigenvalue weighted by Crippen LogP contribution is -2.37. The lowest BCUT2D eigenvalue weighted by atomic mass is 9.99. The lowest BCUT2D eigenvalue weighted by Gasteiger charge is -2.27. The number of aryl methyl sites for hydroxylation is 2. The van der Waals surface area contributed by atoms with Gasteiger partial charge in [0.05, 0.1) is 30.9 Å². The molecule has 2 fully saturated rings. The van der Waals surface area contributed by atoms with E-state index in [9.17, 15) is 13.2 Å². The molecule has 0 spiro atoms. The van der Waals surface area contributed by atoms with Gasteiger partial charge in [-0.3, -0.25) is 4.99 Å². The van der Waals surface area contributed by atoms with Crippen LogP contribution in [-0.2, 0) is 11.2 Å². The average Bonchev–Trinajstić information content (AvgIpc) is 3.66. The van der Waals surface area contributed by atoms with E-state index in [1.165, 1.54) is 31.2 Å². The molecule has 1 saturated heterocycles. The summed E-state index contributed by atoms with van der Waals surface area (Å²) in [4.78, 5) is 19.7. The first-order chi connectivity index (χ1) is 16.8. The largest absolute Gasteiger partial charge is 0.405 e. The maximum atomic E-state index is 13.2. The highest BCUT2D eigenvalue weighted by molar-refractivity contribution is 5.78. The van der Waals surface area contributed by atoms with Crippen LogP contribution in [0.4, 0.5) is 19.1 Å². The van der Waals surface area contributed by atoms with Crippen molar-refractivity contribution >= 4 is 23.2 Å². The molecule has 35 heavy (non-hydrogen) atoms. The van der Waals surface area contributed by atoms with Gasteiger partial charge >= 0.3 is 6.18 Å². The number of morpholine rings is 1. The van der Waals surface area contributed by atoms with Crippen LogP contribution in [0.3, 0.4) is 0 Å². The van der Waals surface area contributed by atoms with Crippen molar-refractivity contribution in [2.24, 2.45) is 16.6 Å². The molecule has 0 amide bonds. The molecule has 190 valence electrons. The zero-order valence-corrected chi connectivity index (χ0v) is 20.2. The third-order valence-corrected chi connectivity index (χ3v) is 5.64. The van der Waals surface area contributed by atoms with Gasteiger partial charge in [0, 0.05) is 30.4 Å². The number of allylic oxidation sites excluding steroid dienone is 3. The molecule has 10 heteroatoms. The smallest absolute Gasteiger partial charge is 0.395 e. The van der Waals surface area contributed by atoms with Crippen molar-refractivity contribution in [3.8, 4) is 0 Å². The van der Waals surface area contributed by atoms with Crippen molar-refractivity contribution < 1.29 is 17.9 Å². The first-order valence-electron chi connectivity index (χ1n) is 11.9. The minimum absolute atomic E-state index is 0.0591. The summed E-state index contributed by atoms with van der Waals surface area (Å²) >= 11 is 0. The van der Waals surface area contributed by atoms with E-state index in [1.807, 2.05) is 24.0 Å². The molecule has 3 heterocycles. The van der Waals surface area contributed by atoms with E-state index in [1.54, 1.807) is 19.2 Å². The number of anilines is 1. The van der Waals surface area contributed by atoms with Gasteiger partial charge in [-0.25, -0.2) is 9.97 Å². The molecule has 1 atom stereocenters. The third kappa shape index (κ3) is 8.31. The molecule has 1 aliphatic heterocycles. The van der Waals surface area contributed by atoms with Gasteiger partial charge in [-0.15, -0.1) is 0 Å². The Hall–Kier alpha value is -3.01. The standard InChI is InChI=1S/C19H23F3N4O.C6H10N2/c1-3-4-14(19(20,21)22)6-8-16-15-7-5-13(2)23-17(15)25-18(24-16)26-9-11-27-12-10-26;7-4-1-5-8-6-2-3-6/h3-5,7,14H,6,8-12H2,1-2H3;1,4-6H,2-3,7H2/b;4-1-,8-5?. The van der Waals surface area contributed by atoms with Crippen LogP contribution in [0.15, 0.2) is 41.6 Å². The van der Waals surface area contributed by atoms with Crippen LogP contribution in [-0.4, -0.2) is 59.7 Å². The topological polar surface area (TPSA) is 89.5 Å². The van der Waals surface area contributed by atoms with Gasteiger partial charge in [0.2, 0.25) is 5.95 Å². The molecule has 2 N–H and O–H groups in total. The summed E-state index contributed by atoms with van der Waals surface area (Å²) in [6.07, 6.45) is 6.05. The fraction of sp³-hybridized carbons (Fsp3) is 0.520. The monoisotopic (exact) mass is 490 g/mol. The third-order valence-electron chi connectivity index (χ3n) is 5.64. The first-order valence-corrected chi connectivity index (χ1v) is 11.9. The van der Waals surface area contributed by atoms with E-state index in [-0.39, 0.29) is 12.8 Å². The Bertz CT molecular complexity index is 1040. The molecule has 1 unspecified atom stereocenters. The number of alkyl halides is 3. The number of aromatic nitrogens is 3. The summed E-state index contributed by atoms with van der Waals surface area (Å²) in [6.45, 7) is 5.93. The van der Waals surface area contributed by atoms with Gasteiger partial charge in [-0.1, -0.05) is 12.2 Å². The van der Waals surface area contributed by atoms with Crippen molar-refractivity contribution in [3.05, 3.63) is 47.9 Å². The molecule has 4 rings (SSSR count). The molecule has 1 saturated carbocycles. The number of nitrogens with zero attached hydrogens (tertiary/aromatic N) is 5. The molecule has 1 aliphatic carbocycles. The van der Waals surface area contributed by atoms with Crippen LogP contribution in [0.5, 0.6) is 0 Å². The number of nitrogens with two attached hydrogens (primary N) is 1. The summed E-state index contributed by atoms with van der Waals surface area (Å²) in [5, 5.41) is 0.707. The molecule has 2 aliphatic rings. The van der Waals surface area contributed by atoms with E-state index >= 15 is 0 Å². The van der Waals surface area contributed by atoms with Crippen LogP contribution >= 0.6 is 0 Å². The van der Waals surface area contributed by atoms with Crippen molar-refractivity contribution in [1.82, 2.24) is 15.0 Å². The molecule has 2 aromatic rings. The van der Waals surface area contributed by atoms with Crippen LogP contribution in [0, 0.1) is 12.8 Å². The number of rotatable bonds is 7. The Morgan fingerprint density at radius 3 is 2.57 bits per heavy atom. The van der Waals surface area contributed by atoms with E-state index in [0.29, 0.717) is 55.0 Å². The van der Waals surface area contributed by atoms with Crippen LogP contribution in [0.1, 0.15) is 37.6 Å². The Labute approximate surface area is 204 Å². The minimum Gasteiger partial charge on any atom is -0.405 e. The maximum Gasteiger partial charge on any atom is 0.395 e. The Kier molecular flexibility index (Phi) is 9.59. The van der Waals surface area contributed by atoms with Crippen LogP contribution < -0.4 is 10.6 Å². The number of fused-ring (bicyclic) bond motifs is 1. The second kappa shape index (κ2) is 12.6. The Morgan fingerprint density at radius 1 is 1.20 bits per heavy atom. The fourth-order valence-corrected chi connectivity index (χ4v) is 3.59. The van der Waals surface area contributed by atoms with Gasteiger partial charge in [-0.05, 0) is 63.9 Å². The molecule has 7 nitrogen and oxygen atoms in total. The second-order valence-corrected chi connectivity index (χ2v) is 8.52. The molecule has 2 aromatic heterocycles. The van der Waals surface area contributed by atoms with Crippen LogP contribution in [0.25, 0.3) is 11.0 Å². The van der Waals surface area contributed by atoms with E-state index in [0.717, 1.165) is 5.69 Å². The maximum absolute atomic E-state index is 13.2. The number of halogens is 3. The van der Waals surface area contributed by atoms with E-state index in [4.69, 9.17) is 10.5 Å². The van der Waals surface area contributed by atoms with Gasteiger partial charge in [-0.2, -0.15) is 18.2 Å². The van der Waals surface area contributed by atoms with Crippen molar-refractivity contribution in [2.45, 2.75) is 51.7 Å². The van der Waals surface area contributed by atoms with Gasteiger partial charge in [0.1, 0.15) is 0 Å². The summed E-state index contributed by atoms with van der Waals surface area (Å²) < 4.78 is 45.0. The summed E-state index contributed by atoms with van der Waals surface area (Å²) in [7, 11) is 0. The van der Waals surface area contributed by atoms with Gasteiger partial charge < -0.3 is 15.4 Å². The van der Waals surface area contributed by atoms with Crippen LogP contribution in [0.2, 0.25) is 0 Å². The summed E-state index contributed by atoms with van der Waals surface area (Å²) in [5.41, 5.74) is 7.00. The van der Waals surface area contributed by atoms with Gasteiger partial charge in [0.25, 0.3) is 0 Å². The predicted molar refractivity (Wildman–Crippen MR) is 133 cm³/mol. The number of ether oxygens (including phenoxy) is 1. The molecule has 0 radical (unpaired) electrons. The van der Waals surface area contributed by atoms with Gasteiger partial charge in [0.15, 0.2) is 5.65 Å². The predicted octanol–water partition coefficient (Wildman–Crippen LogP) is 4.55. The Morgan fingerprint density at radius 2 is 1.94 bits per heavy atom. The molecular weight excluding hydrogens is 457 g/mol. The normalized spacial score (nSPS) is 17.9. The number of aliphatic imine (C=N–C) groups is 1. The van der Waals surface area contributed by atoms with Crippen molar-refractivity contribution in [2.75, 3.05) is 31.2 Å². The number of pyridine rings is 1. The zero-order chi connectivity index (χ0) is 25.3. The average molecular weight is 491 g/mol.